The summed E-state index contributed by atoms with van der Waals surface area (Å²) in [5.74, 6) is -1.38. The molecule has 0 bridgehead atoms. The van der Waals surface area contributed by atoms with Crippen molar-refractivity contribution < 1.29 is 27.5 Å². The number of carbonyl (C=O) groups is 2. The van der Waals surface area contributed by atoms with Crippen LogP contribution < -0.4 is 5.32 Å². The fourth-order valence-corrected chi connectivity index (χ4v) is 6.62. The zero-order chi connectivity index (χ0) is 30.0. The van der Waals surface area contributed by atoms with E-state index in [2.05, 4.69) is 5.32 Å². The summed E-state index contributed by atoms with van der Waals surface area (Å²) < 4.78 is 38.1. The second-order valence-electron chi connectivity index (χ2n) is 9.88. The Labute approximate surface area is 253 Å². The molecule has 4 aromatic carbocycles. The summed E-state index contributed by atoms with van der Waals surface area (Å²) >= 11 is 6.26. The van der Waals surface area contributed by atoms with Crippen molar-refractivity contribution in [2.45, 2.75) is 4.90 Å². The summed E-state index contributed by atoms with van der Waals surface area (Å²) in [4.78, 5) is 30.9. The molecule has 0 aliphatic carbocycles. The Morgan fingerprint density at radius 3 is 2.44 bits per heavy atom. The van der Waals surface area contributed by atoms with Crippen molar-refractivity contribution in [3.63, 3.8) is 0 Å². The number of aromatic nitrogens is 1. The molecule has 1 fully saturated rings. The van der Waals surface area contributed by atoms with Crippen molar-refractivity contribution in [3.8, 4) is 11.3 Å². The minimum absolute atomic E-state index is 0.0182. The molecule has 11 heteroatoms. The molecule has 1 aromatic heterocycles. The maximum absolute atomic E-state index is 13.3. The standard InChI is InChI=1S/C32H26ClN3O6S/c33-27-13-12-22(43(39,40)36-14-16-41-17-15-36)18-30(27)35-31(37)20-42-32(38)26-19-29(34-28-11-4-3-9-25(26)28)24-10-5-7-21-6-1-2-8-23(21)24/h1-13,18-19H,14-17,20H2,(H,35,37). The SMILES string of the molecule is O=C(COC(=O)c1cc(-c2cccc3ccccc23)nc2ccccc12)Nc1cc(S(=O)(=O)N2CCOCC2)ccc1Cl. The Bertz CT molecular complexity index is 1970. The van der Waals surface area contributed by atoms with E-state index in [0.717, 1.165) is 16.3 Å². The van der Waals surface area contributed by atoms with Crippen LogP contribution in [0.1, 0.15) is 10.4 Å². The normalized spacial score (nSPS) is 14.1. The van der Waals surface area contributed by atoms with Gasteiger partial charge in [0.05, 0.1) is 45.6 Å². The van der Waals surface area contributed by atoms with E-state index in [0.29, 0.717) is 29.8 Å². The van der Waals surface area contributed by atoms with E-state index in [-0.39, 0.29) is 34.3 Å². The minimum Gasteiger partial charge on any atom is -0.452 e. The van der Waals surface area contributed by atoms with Gasteiger partial charge in [-0.2, -0.15) is 4.31 Å². The lowest BCUT2D eigenvalue weighted by Crippen LogP contribution is -2.40. The van der Waals surface area contributed by atoms with Crippen LogP contribution in [0.4, 0.5) is 5.69 Å². The number of morpholine rings is 1. The van der Waals surface area contributed by atoms with Crippen LogP contribution in [0.25, 0.3) is 32.9 Å². The number of esters is 1. The van der Waals surface area contributed by atoms with Gasteiger partial charge in [-0.1, -0.05) is 72.3 Å². The average molecular weight is 616 g/mol. The lowest BCUT2D eigenvalue weighted by atomic mass is 9.99. The quantitative estimate of drug-likeness (QED) is 0.240. The molecule has 1 aliphatic rings. The van der Waals surface area contributed by atoms with Crippen LogP contribution in [0.15, 0.2) is 95.9 Å². The molecule has 1 N–H and O–H groups in total. The van der Waals surface area contributed by atoms with E-state index in [9.17, 15) is 18.0 Å². The molecular weight excluding hydrogens is 590 g/mol. The van der Waals surface area contributed by atoms with Gasteiger partial charge in [-0.05, 0) is 41.1 Å². The number of hydrogen-bond acceptors (Lipinski definition) is 7. The summed E-state index contributed by atoms with van der Waals surface area (Å²) in [6, 6.07) is 26.7. The highest BCUT2D eigenvalue weighted by Crippen LogP contribution is 2.31. The number of nitrogens with one attached hydrogen (secondary N) is 1. The van der Waals surface area contributed by atoms with Crippen LogP contribution in [0, 0.1) is 0 Å². The maximum Gasteiger partial charge on any atom is 0.339 e. The van der Waals surface area contributed by atoms with Crippen LogP contribution in [0.5, 0.6) is 0 Å². The maximum atomic E-state index is 13.3. The van der Waals surface area contributed by atoms with Crippen molar-refractivity contribution >= 4 is 60.9 Å². The van der Waals surface area contributed by atoms with Crippen molar-refractivity contribution in [2.24, 2.45) is 0 Å². The zero-order valence-electron chi connectivity index (χ0n) is 22.8. The lowest BCUT2D eigenvalue weighted by molar-refractivity contribution is -0.119. The van der Waals surface area contributed by atoms with Crippen molar-refractivity contribution in [1.29, 1.82) is 0 Å². The summed E-state index contributed by atoms with van der Waals surface area (Å²) in [5.41, 5.74) is 2.41. The molecule has 2 heterocycles. The highest BCUT2D eigenvalue weighted by molar-refractivity contribution is 7.89. The highest BCUT2D eigenvalue weighted by atomic mass is 35.5. The number of amides is 1. The van der Waals surface area contributed by atoms with Gasteiger partial charge in [0, 0.05) is 24.0 Å². The summed E-state index contributed by atoms with van der Waals surface area (Å²) in [6.07, 6.45) is 0. The zero-order valence-corrected chi connectivity index (χ0v) is 24.4. The van der Waals surface area contributed by atoms with E-state index in [1.807, 2.05) is 54.6 Å². The number of fused-ring (bicyclic) bond motifs is 2. The van der Waals surface area contributed by atoms with E-state index in [1.54, 1.807) is 18.2 Å². The van der Waals surface area contributed by atoms with Gasteiger partial charge in [-0.3, -0.25) is 4.79 Å². The van der Waals surface area contributed by atoms with Gasteiger partial charge in [-0.15, -0.1) is 0 Å². The topological polar surface area (TPSA) is 115 Å². The summed E-state index contributed by atoms with van der Waals surface area (Å²) in [6.45, 7) is 0.453. The number of anilines is 1. The molecular formula is C32H26ClN3O6S. The molecule has 43 heavy (non-hydrogen) atoms. The van der Waals surface area contributed by atoms with Gasteiger partial charge in [0.15, 0.2) is 6.61 Å². The molecule has 218 valence electrons. The Hall–Kier alpha value is -4.35. The van der Waals surface area contributed by atoms with Gasteiger partial charge < -0.3 is 14.8 Å². The number of halogens is 1. The second kappa shape index (κ2) is 12.1. The van der Waals surface area contributed by atoms with E-state index in [1.165, 1.54) is 22.5 Å². The molecule has 6 rings (SSSR count). The number of hydrogen-bond donors (Lipinski definition) is 1. The number of para-hydroxylation sites is 1. The molecule has 9 nitrogen and oxygen atoms in total. The van der Waals surface area contributed by atoms with Crippen molar-refractivity contribution in [1.82, 2.24) is 9.29 Å². The van der Waals surface area contributed by atoms with Gasteiger partial charge in [0.2, 0.25) is 10.0 Å². The molecule has 5 aromatic rings. The predicted molar refractivity (Wildman–Crippen MR) is 165 cm³/mol. The van der Waals surface area contributed by atoms with E-state index < -0.39 is 28.5 Å². The Morgan fingerprint density at radius 1 is 0.907 bits per heavy atom. The van der Waals surface area contributed by atoms with Crippen LogP contribution in [0.2, 0.25) is 5.02 Å². The molecule has 1 aliphatic heterocycles. The van der Waals surface area contributed by atoms with Crippen LogP contribution >= 0.6 is 11.6 Å². The highest BCUT2D eigenvalue weighted by Gasteiger charge is 2.27. The van der Waals surface area contributed by atoms with Crippen molar-refractivity contribution in [3.05, 3.63) is 102 Å². The summed E-state index contributed by atoms with van der Waals surface area (Å²) in [5, 5.41) is 5.31. The Morgan fingerprint density at radius 2 is 1.63 bits per heavy atom. The number of pyridine rings is 1. The first-order chi connectivity index (χ1) is 20.8. The molecule has 0 saturated carbocycles. The Kier molecular flexibility index (Phi) is 8.09. The first kappa shape index (κ1) is 28.8. The molecule has 0 atom stereocenters. The fourth-order valence-electron chi connectivity index (χ4n) is 5.02. The number of ether oxygens (including phenoxy) is 2. The van der Waals surface area contributed by atoms with Gasteiger partial charge in [0.1, 0.15) is 0 Å². The number of benzene rings is 4. The monoisotopic (exact) mass is 615 g/mol. The Balaban J connectivity index is 1.22. The second-order valence-corrected chi connectivity index (χ2v) is 12.2. The lowest BCUT2D eigenvalue weighted by Gasteiger charge is -2.26. The van der Waals surface area contributed by atoms with E-state index >= 15 is 0 Å². The third-order valence-electron chi connectivity index (χ3n) is 7.16. The van der Waals surface area contributed by atoms with Crippen LogP contribution in [-0.2, 0) is 24.3 Å². The summed E-state index contributed by atoms with van der Waals surface area (Å²) in [7, 11) is -3.81. The molecule has 0 radical (unpaired) electrons. The first-order valence-electron chi connectivity index (χ1n) is 13.5. The molecule has 1 amide bonds. The van der Waals surface area contributed by atoms with Gasteiger partial charge in [-0.25, -0.2) is 18.2 Å². The van der Waals surface area contributed by atoms with Crippen LogP contribution in [-0.4, -0.2) is 62.5 Å². The largest absolute Gasteiger partial charge is 0.452 e. The van der Waals surface area contributed by atoms with Gasteiger partial charge in [0.25, 0.3) is 5.91 Å². The first-order valence-corrected chi connectivity index (χ1v) is 15.4. The van der Waals surface area contributed by atoms with E-state index in [4.69, 9.17) is 26.1 Å². The molecule has 1 saturated heterocycles. The number of nitrogens with zero attached hydrogens (tertiary/aromatic N) is 2. The van der Waals surface area contributed by atoms with Crippen molar-refractivity contribution in [2.75, 3.05) is 38.2 Å². The number of carbonyl (C=O) groups excluding carboxylic acids is 2. The van der Waals surface area contributed by atoms with Gasteiger partial charge >= 0.3 is 5.97 Å². The predicted octanol–water partition coefficient (Wildman–Crippen LogP) is 5.52. The minimum atomic E-state index is -3.81. The number of rotatable bonds is 7. The number of sulfonamides is 1. The fraction of sp³-hybridized carbons (Fsp3) is 0.156. The molecule has 0 unspecified atom stereocenters. The van der Waals surface area contributed by atoms with Crippen LogP contribution in [0.3, 0.4) is 0 Å². The smallest absolute Gasteiger partial charge is 0.339 e. The third kappa shape index (κ3) is 5.95. The average Bonchev–Trinajstić information content (AvgIpc) is 3.04. The molecule has 0 spiro atoms. The third-order valence-corrected chi connectivity index (χ3v) is 9.38.